The lowest BCUT2D eigenvalue weighted by molar-refractivity contribution is 0.101. The Morgan fingerprint density at radius 3 is 2.72 bits per heavy atom. The lowest BCUT2D eigenvalue weighted by Crippen LogP contribution is -2.18. The van der Waals surface area contributed by atoms with E-state index in [0.29, 0.717) is 23.7 Å². The smallest absolute Gasteiger partial charge is 0.231 e. The van der Waals surface area contributed by atoms with Gasteiger partial charge < -0.3 is 18.9 Å². The molecule has 0 saturated heterocycles. The van der Waals surface area contributed by atoms with Gasteiger partial charge in [0.25, 0.3) is 0 Å². The summed E-state index contributed by atoms with van der Waals surface area (Å²) in [6.45, 7) is 2.34. The van der Waals surface area contributed by atoms with Crippen molar-refractivity contribution in [3.63, 3.8) is 0 Å². The highest BCUT2D eigenvalue weighted by Crippen LogP contribution is 2.36. The van der Waals surface area contributed by atoms with Crippen LogP contribution in [0.4, 0.5) is 0 Å². The Morgan fingerprint density at radius 2 is 1.84 bits per heavy atom. The summed E-state index contributed by atoms with van der Waals surface area (Å²) in [5.41, 5.74) is 3.37. The monoisotopic (exact) mass is 426 g/mol. The van der Waals surface area contributed by atoms with Gasteiger partial charge in [0.2, 0.25) is 5.78 Å². The van der Waals surface area contributed by atoms with Crippen LogP contribution >= 0.6 is 0 Å². The molecule has 160 valence electrons. The number of ether oxygens (including phenoxy) is 4. The lowest BCUT2D eigenvalue weighted by atomic mass is 10.0. The van der Waals surface area contributed by atoms with Gasteiger partial charge in [-0.05, 0) is 60.5 Å². The van der Waals surface area contributed by atoms with E-state index in [1.165, 1.54) is 0 Å². The van der Waals surface area contributed by atoms with Gasteiger partial charge in [-0.15, -0.1) is 0 Å². The fraction of sp³-hybridized carbons (Fsp3) is 0.148. The molecule has 3 aromatic carbocycles. The first kappa shape index (κ1) is 19.9. The number of para-hydroxylation sites is 1. The molecule has 1 unspecified atom stereocenters. The quantitative estimate of drug-likeness (QED) is 0.497. The number of carbonyl (C=O) groups is 1. The van der Waals surface area contributed by atoms with E-state index in [-0.39, 0.29) is 17.6 Å². The van der Waals surface area contributed by atoms with E-state index >= 15 is 0 Å². The maximum absolute atomic E-state index is 12.9. The molecular formula is C27H22O5. The zero-order valence-electron chi connectivity index (χ0n) is 17.8. The summed E-state index contributed by atoms with van der Waals surface area (Å²) in [5.74, 6) is 2.87. The molecule has 2 heterocycles. The van der Waals surface area contributed by atoms with Crippen LogP contribution in [-0.4, -0.2) is 19.0 Å². The highest BCUT2D eigenvalue weighted by Gasteiger charge is 2.29. The van der Waals surface area contributed by atoms with E-state index in [1.54, 1.807) is 31.4 Å². The molecule has 0 aliphatic carbocycles. The van der Waals surface area contributed by atoms with Crippen molar-refractivity contribution >= 4 is 11.9 Å². The Kier molecular flexibility index (Phi) is 5.15. The average molecular weight is 426 g/mol. The van der Waals surface area contributed by atoms with Crippen molar-refractivity contribution in [2.24, 2.45) is 0 Å². The average Bonchev–Trinajstić information content (AvgIpc) is 3.12. The number of allylic oxidation sites excluding steroid dienone is 1. The van der Waals surface area contributed by atoms with E-state index < -0.39 is 0 Å². The molecule has 32 heavy (non-hydrogen) atoms. The van der Waals surface area contributed by atoms with Crippen LogP contribution in [0.5, 0.6) is 23.0 Å². The molecule has 0 amide bonds. The first-order chi connectivity index (χ1) is 15.6. The Hall–Kier alpha value is -3.99. The van der Waals surface area contributed by atoms with Crippen LogP contribution in [0.3, 0.4) is 0 Å². The first-order valence-electron chi connectivity index (χ1n) is 10.4. The van der Waals surface area contributed by atoms with E-state index in [2.05, 4.69) is 0 Å². The molecule has 0 aromatic heterocycles. The molecule has 0 fully saturated rings. The van der Waals surface area contributed by atoms with Gasteiger partial charge in [-0.3, -0.25) is 4.79 Å². The van der Waals surface area contributed by atoms with Crippen molar-refractivity contribution in [1.29, 1.82) is 0 Å². The molecule has 1 atom stereocenters. The molecule has 0 saturated carbocycles. The predicted octanol–water partition coefficient (Wildman–Crippen LogP) is 5.60. The minimum atomic E-state index is -0.181. The summed E-state index contributed by atoms with van der Waals surface area (Å²) >= 11 is 0. The van der Waals surface area contributed by atoms with E-state index in [4.69, 9.17) is 18.9 Å². The molecule has 5 nitrogen and oxygen atoms in total. The van der Waals surface area contributed by atoms with Crippen molar-refractivity contribution in [3.8, 4) is 23.0 Å². The number of benzene rings is 3. The summed E-state index contributed by atoms with van der Waals surface area (Å²) in [6.07, 6.45) is 3.61. The Morgan fingerprint density at radius 1 is 0.969 bits per heavy atom. The third-order valence-corrected chi connectivity index (χ3v) is 5.49. The zero-order valence-corrected chi connectivity index (χ0v) is 17.8. The molecule has 5 rings (SSSR count). The zero-order chi connectivity index (χ0) is 22.1. The number of methoxy groups -OCH3 is 1. The number of hydrogen-bond donors (Lipinski definition) is 0. The molecule has 0 radical (unpaired) electrons. The fourth-order valence-corrected chi connectivity index (χ4v) is 3.76. The highest BCUT2D eigenvalue weighted by molar-refractivity contribution is 6.12. The Bertz CT molecular complexity index is 1250. The molecular weight excluding hydrogens is 404 g/mol. The molecule has 3 aromatic rings. The van der Waals surface area contributed by atoms with E-state index in [1.807, 2.05) is 61.5 Å². The van der Waals surface area contributed by atoms with Gasteiger partial charge >= 0.3 is 0 Å². The van der Waals surface area contributed by atoms with Crippen LogP contribution in [0.2, 0.25) is 0 Å². The summed E-state index contributed by atoms with van der Waals surface area (Å²) in [4.78, 5) is 12.9. The second kappa shape index (κ2) is 8.27. The van der Waals surface area contributed by atoms with Crippen molar-refractivity contribution < 1.29 is 23.7 Å². The van der Waals surface area contributed by atoms with Crippen LogP contribution in [-0.2, 0) is 6.61 Å². The minimum Gasteiger partial charge on any atom is -0.497 e. The summed E-state index contributed by atoms with van der Waals surface area (Å²) in [5, 5.41) is 0. The number of Topliss-reactive ketones (excluding diaryl/α,β-unsaturated/α-hetero) is 1. The summed E-state index contributed by atoms with van der Waals surface area (Å²) in [6, 6.07) is 20.8. The van der Waals surface area contributed by atoms with Crippen LogP contribution in [0.1, 0.15) is 28.4 Å². The second-order valence-corrected chi connectivity index (χ2v) is 7.68. The molecule has 2 aliphatic rings. The van der Waals surface area contributed by atoms with Crippen molar-refractivity contribution in [2.75, 3.05) is 7.11 Å². The number of rotatable bonds is 5. The van der Waals surface area contributed by atoms with E-state index in [0.717, 1.165) is 28.2 Å². The largest absolute Gasteiger partial charge is 0.497 e. The van der Waals surface area contributed by atoms with Gasteiger partial charge in [-0.25, -0.2) is 0 Å². The molecule has 2 aliphatic heterocycles. The van der Waals surface area contributed by atoms with Crippen LogP contribution < -0.4 is 18.9 Å². The molecule has 0 bridgehead atoms. The van der Waals surface area contributed by atoms with Crippen LogP contribution in [0.15, 0.2) is 84.1 Å². The maximum atomic E-state index is 12.9. The SMILES string of the molecule is COc1cccc(COc2ccc3c(c2)O/C(=C\C2=Cc4ccccc4OC2C)C3=O)c1. The van der Waals surface area contributed by atoms with E-state index in [9.17, 15) is 4.79 Å². The molecule has 0 N–H and O–H groups in total. The fourth-order valence-electron chi connectivity index (χ4n) is 3.76. The third-order valence-electron chi connectivity index (χ3n) is 5.49. The highest BCUT2D eigenvalue weighted by atomic mass is 16.5. The number of carbonyl (C=O) groups excluding carboxylic acids is 1. The van der Waals surface area contributed by atoms with Gasteiger partial charge in [-0.2, -0.15) is 0 Å². The first-order valence-corrected chi connectivity index (χ1v) is 10.4. The number of fused-ring (bicyclic) bond motifs is 2. The minimum absolute atomic E-state index is 0.147. The number of ketones is 1. The predicted molar refractivity (Wildman–Crippen MR) is 121 cm³/mol. The lowest BCUT2D eigenvalue weighted by Gasteiger charge is -2.22. The topological polar surface area (TPSA) is 54.0 Å². The van der Waals surface area contributed by atoms with Gasteiger partial charge in [0.05, 0.1) is 12.7 Å². The second-order valence-electron chi connectivity index (χ2n) is 7.68. The number of hydrogen-bond acceptors (Lipinski definition) is 5. The maximum Gasteiger partial charge on any atom is 0.231 e. The van der Waals surface area contributed by atoms with Gasteiger partial charge in [0, 0.05) is 11.6 Å². The van der Waals surface area contributed by atoms with Crippen molar-refractivity contribution in [2.45, 2.75) is 19.6 Å². The van der Waals surface area contributed by atoms with Gasteiger partial charge in [0.15, 0.2) is 5.76 Å². The molecule has 0 spiro atoms. The third kappa shape index (κ3) is 3.85. The Labute approximate surface area is 186 Å². The van der Waals surface area contributed by atoms with Crippen LogP contribution in [0.25, 0.3) is 6.08 Å². The summed E-state index contributed by atoms with van der Waals surface area (Å²) < 4.78 is 23.0. The standard InChI is InChI=1S/C27H22O5/c1-17-20(13-19-7-3-4-9-24(19)31-17)14-26-27(28)23-11-10-22(15-25(23)32-26)30-16-18-6-5-8-21(12-18)29-2/h3-15,17H,16H2,1-2H3/b26-14-. The molecule has 5 heteroatoms. The van der Waals surface area contributed by atoms with Crippen molar-refractivity contribution in [3.05, 3.63) is 101 Å². The van der Waals surface area contributed by atoms with Gasteiger partial charge in [-0.1, -0.05) is 30.3 Å². The normalized spacial score (nSPS) is 17.7. The van der Waals surface area contributed by atoms with Crippen LogP contribution in [0, 0.1) is 0 Å². The Balaban J connectivity index is 1.34. The van der Waals surface area contributed by atoms with Gasteiger partial charge in [0.1, 0.15) is 35.7 Å². The summed E-state index contributed by atoms with van der Waals surface area (Å²) in [7, 11) is 1.63. The van der Waals surface area contributed by atoms with Crippen molar-refractivity contribution in [1.82, 2.24) is 0 Å².